The van der Waals surface area contributed by atoms with Crippen molar-refractivity contribution in [2.45, 2.75) is 26.7 Å². The Morgan fingerprint density at radius 3 is 2.08 bits per heavy atom. The molecule has 0 bridgehead atoms. The van der Waals surface area contributed by atoms with Crippen molar-refractivity contribution in [3.8, 4) is 0 Å². The number of nitrogens with two attached hydrogens (primary N) is 1. The van der Waals surface area contributed by atoms with Gasteiger partial charge in [-0.2, -0.15) is 0 Å². The van der Waals surface area contributed by atoms with Crippen LogP contribution in [-0.4, -0.2) is 11.7 Å². The van der Waals surface area contributed by atoms with Crippen LogP contribution in [0.15, 0.2) is 23.8 Å². The number of allylic oxidation sites excluding steroid dienone is 2. The van der Waals surface area contributed by atoms with Crippen LogP contribution in [0, 0.1) is 0 Å². The van der Waals surface area contributed by atoms with E-state index in [9.17, 15) is 9.59 Å². The topological polar surface area (TPSA) is 60.2 Å². The van der Waals surface area contributed by atoms with Crippen molar-refractivity contribution in [3.63, 3.8) is 0 Å². The lowest BCUT2D eigenvalue weighted by Crippen LogP contribution is -2.18. The number of ketones is 1. The van der Waals surface area contributed by atoms with E-state index in [1.165, 1.54) is 6.08 Å². The first-order chi connectivity index (χ1) is 6.02. The molecule has 0 fully saturated rings. The molecular weight excluding hydrogens is 166 g/mol. The van der Waals surface area contributed by atoms with Crippen molar-refractivity contribution >= 4 is 11.7 Å². The first kappa shape index (κ1) is 11.6. The number of carbonyl (C=O) groups is 2. The molecule has 0 aliphatic rings. The molecule has 0 saturated heterocycles. The average Bonchev–Trinajstić information content (AvgIpc) is 2.12. The third-order valence-corrected chi connectivity index (χ3v) is 1.84. The smallest absolute Gasteiger partial charge is 0.252 e. The second-order valence-corrected chi connectivity index (χ2v) is 2.72. The van der Waals surface area contributed by atoms with Gasteiger partial charge in [0, 0.05) is 0 Å². The molecule has 0 aliphatic carbocycles. The van der Waals surface area contributed by atoms with Gasteiger partial charge in [-0.3, -0.25) is 9.59 Å². The Bertz CT molecular complexity index is 258. The van der Waals surface area contributed by atoms with Crippen molar-refractivity contribution in [2.75, 3.05) is 0 Å². The fourth-order valence-corrected chi connectivity index (χ4v) is 0.848. The second-order valence-electron chi connectivity index (χ2n) is 2.72. The Morgan fingerprint density at radius 2 is 1.77 bits per heavy atom. The normalized spacial score (nSPS) is 9.08. The van der Waals surface area contributed by atoms with Crippen LogP contribution in [0.3, 0.4) is 0 Å². The van der Waals surface area contributed by atoms with Crippen molar-refractivity contribution in [3.05, 3.63) is 23.8 Å². The Morgan fingerprint density at radius 1 is 1.31 bits per heavy atom. The first-order valence-electron chi connectivity index (χ1n) is 4.25. The predicted octanol–water partition coefficient (Wildman–Crippen LogP) is 1.34. The number of carbonyl (C=O) groups excluding carboxylic acids is 2. The lowest BCUT2D eigenvalue weighted by Gasteiger charge is -1.99. The summed E-state index contributed by atoms with van der Waals surface area (Å²) in [6, 6.07) is 0. The van der Waals surface area contributed by atoms with E-state index < -0.39 is 5.91 Å². The predicted molar refractivity (Wildman–Crippen MR) is 52.0 cm³/mol. The molecule has 0 unspecified atom stereocenters. The number of amides is 1. The van der Waals surface area contributed by atoms with Gasteiger partial charge in [-0.05, 0) is 18.9 Å². The maximum atomic E-state index is 11.2. The number of rotatable bonds is 5. The SMILES string of the molecule is C=C(C(N)=O)C(=O)C=C(CC)CC. The lowest BCUT2D eigenvalue weighted by atomic mass is 10.1. The zero-order valence-electron chi connectivity index (χ0n) is 8.09. The molecule has 0 spiro atoms. The molecule has 1 amide bonds. The van der Waals surface area contributed by atoms with Gasteiger partial charge >= 0.3 is 0 Å². The van der Waals surface area contributed by atoms with Gasteiger partial charge in [0.1, 0.15) is 0 Å². The number of primary amides is 1. The highest BCUT2D eigenvalue weighted by Gasteiger charge is 2.09. The van der Waals surface area contributed by atoms with Gasteiger partial charge in [0.15, 0.2) is 5.78 Å². The molecule has 0 atom stereocenters. The van der Waals surface area contributed by atoms with E-state index in [0.717, 1.165) is 18.4 Å². The summed E-state index contributed by atoms with van der Waals surface area (Å²) < 4.78 is 0. The van der Waals surface area contributed by atoms with E-state index in [1.54, 1.807) is 0 Å². The first-order valence-corrected chi connectivity index (χ1v) is 4.25. The molecule has 0 saturated carbocycles. The number of hydrogen-bond acceptors (Lipinski definition) is 2. The van der Waals surface area contributed by atoms with Gasteiger partial charge < -0.3 is 5.73 Å². The Hall–Kier alpha value is -1.38. The van der Waals surface area contributed by atoms with Crippen molar-refractivity contribution in [1.29, 1.82) is 0 Å². The number of hydrogen-bond donors (Lipinski definition) is 1. The van der Waals surface area contributed by atoms with Crippen LogP contribution in [0.4, 0.5) is 0 Å². The minimum atomic E-state index is -0.757. The maximum absolute atomic E-state index is 11.2. The third-order valence-electron chi connectivity index (χ3n) is 1.84. The Kier molecular flexibility index (Phi) is 4.74. The van der Waals surface area contributed by atoms with E-state index in [0.29, 0.717) is 0 Å². The van der Waals surface area contributed by atoms with Gasteiger partial charge in [0.05, 0.1) is 5.57 Å². The molecule has 0 aromatic heterocycles. The highest BCUT2D eigenvalue weighted by atomic mass is 16.2. The summed E-state index contributed by atoms with van der Waals surface area (Å²) in [7, 11) is 0. The minimum absolute atomic E-state index is 0.153. The standard InChI is InChI=1S/C10H15NO2/c1-4-8(5-2)6-9(12)7(3)10(11)13/h6H,3-5H2,1-2H3,(H2,11,13). The van der Waals surface area contributed by atoms with Crippen LogP contribution in [0.5, 0.6) is 0 Å². The molecule has 13 heavy (non-hydrogen) atoms. The van der Waals surface area contributed by atoms with Crippen LogP contribution in [0.25, 0.3) is 0 Å². The quantitative estimate of drug-likeness (QED) is 0.395. The summed E-state index contributed by atoms with van der Waals surface area (Å²) in [5.41, 5.74) is 5.75. The van der Waals surface area contributed by atoms with Crippen LogP contribution in [0.2, 0.25) is 0 Å². The molecular formula is C10H15NO2. The molecule has 72 valence electrons. The lowest BCUT2D eigenvalue weighted by molar-refractivity contribution is -0.118. The molecule has 0 aliphatic heterocycles. The largest absolute Gasteiger partial charge is 0.365 e. The van der Waals surface area contributed by atoms with Gasteiger partial charge in [-0.25, -0.2) is 0 Å². The average molecular weight is 181 g/mol. The fourth-order valence-electron chi connectivity index (χ4n) is 0.848. The molecule has 2 N–H and O–H groups in total. The van der Waals surface area contributed by atoms with Crippen molar-refractivity contribution in [2.24, 2.45) is 5.73 Å². The summed E-state index contributed by atoms with van der Waals surface area (Å²) >= 11 is 0. The van der Waals surface area contributed by atoms with Crippen LogP contribution >= 0.6 is 0 Å². The van der Waals surface area contributed by atoms with Crippen molar-refractivity contribution in [1.82, 2.24) is 0 Å². The second kappa shape index (κ2) is 5.30. The molecule has 0 heterocycles. The maximum Gasteiger partial charge on any atom is 0.252 e. The van der Waals surface area contributed by atoms with Gasteiger partial charge in [-0.15, -0.1) is 0 Å². The van der Waals surface area contributed by atoms with E-state index in [4.69, 9.17) is 5.73 Å². The van der Waals surface area contributed by atoms with E-state index >= 15 is 0 Å². The third kappa shape index (κ3) is 3.69. The van der Waals surface area contributed by atoms with Gasteiger partial charge in [-0.1, -0.05) is 26.0 Å². The zero-order chi connectivity index (χ0) is 10.4. The summed E-state index contributed by atoms with van der Waals surface area (Å²) in [5.74, 6) is -1.14. The van der Waals surface area contributed by atoms with Gasteiger partial charge in [0.2, 0.25) is 0 Å². The van der Waals surface area contributed by atoms with Crippen LogP contribution < -0.4 is 5.73 Å². The summed E-state index contributed by atoms with van der Waals surface area (Å²) in [4.78, 5) is 21.8. The fraction of sp³-hybridized carbons (Fsp3) is 0.400. The van der Waals surface area contributed by atoms with Gasteiger partial charge in [0.25, 0.3) is 5.91 Å². The van der Waals surface area contributed by atoms with Crippen LogP contribution in [-0.2, 0) is 9.59 Å². The van der Waals surface area contributed by atoms with E-state index in [1.807, 2.05) is 13.8 Å². The molecule has 0 radical (unpaired) electrons. The minimum Gasteiger partial charge on any atom is -0.365 e. The monoisotopic (exact) mass is 181 g/mol. The van der Waals surface area contributed by atoms with Crippen LogP contribution in [0.1, 0.15) is 26.7 Å². The molecule has 3 nitrogen and oxygen atoms in total. The summed E-state index contributed by atoms with van der Waals surface area (Å²) in [6.45, 7) is 7.22. The molecule has 3 heteroatoms. The van der Waals surface area contributed by atoms with Crippen molar-refractivity contribution < 1.29 is 9.59 Å². The summed E-state index contributed by atoms with van der Waals surface area (Å²) in [6.07, 6.45) is 3.04. The van der Waals surface area contributed by atoms with E-state index in [-0.39, 0.29) is 11.4 Å². The molecule has 0 aromatic rings. The highest BCUT2D eigenvalue weighted by Crippen LogP contribution is 2.07. The molecule has 0 rings (SSSR count). The zero-order valence-corrected chi connectivity index (χ0v) is 8.09. The Balaban J connectivity index is 4.53. The van der Waals surface area contributed by atoms with E-state index in [2.05, 4.69) is 6.58 Å². The molecule has 0 aromatic carbocycles. The summed E-state index contributed by atoms with van der Waals surface area (Å²) in [5, 5.41) is 0. The highest BCUT2D eigenvalue weighted by molar-refractivity contribution is 6.22. The Labute approximate surface area is 78.3 Å².